The number of nitrogens with zero attached hydrogens (tertiary/aromatic N) is 2. The van der Waals surface area contributed by atoms with Crippen LogP contribution in [0.5, 0.6) is 0 Å². The van der Waals surface area contributed by atoms with E-state index in [2.05, 4.69) is 18.7 Å². The van der Waals surface area contributed by atoms with Gasteiger partial charge in [-0.3, -0.25) is 4.79 Å². The average Bonchev–Trinajstić information content (AvgIpc) is 3.33. The van der Waals surface area contributed by atoms with Crippen LogP contribution in [0, 0.1) is 0 Å². The molecule has 0 radical (unpaired) electrons. The minimum absolute atomic E-state index is 0.0595. The van der Waals surface area contributed by atoms with Crippen LogP contribution in [0.4, 0.5) is 0 Å². The number of carbonyl (C=O) groups excluding carboxylic acids is 1. The minimum atomic E-state index is -0.0595. The van der Waals surface area contributed by atoms with Gasteiger partial charge in [-0.2, -0.15) is 0 Å². The van der Waals surface area contributed by atoms with Gasteiger partial charge in [0, 0.05) is 17.3 Å². The first-order chi connectivity index (χ1) is 16.3. The van der Waals surface area contributed by atoms with Gasteiger partial charge in [-0.1, -0.05) is 97.6 Å². The van der Waals surface area contributed by atoms with Crippen molar-refractivity contribution in [3.05, 3.63) is 133 Å². The number of aromatic nitrogens is 2. The van der Waals surface area contributed by atoms with Gasteiger partial charge in [0.25, 0.3) is 0 Å². The molecule has 5 rings (SSSR count). The first-order valence-corrected chi connectivity index (χ1v) is 10.8. The van der Waals surface area contributed by atoms with E-state index in [4.69, 9.17) is 4.98 Å². The van der Waals surface area contributed by atoms with Crippen molar-refractivity contribution in [3.63, 3.8) is 0 Å². The fourth-order valence-electron chi connectivity index (χ4n) is 4.03. The van der Waals surface area contributed by atoms with Gasteiger partial charge in [0.15, 0.2) is 5.78 Å². The predicted octanol–water partition coefficient (Wildman–Crippen LogP) is 7.22. The van der Waals surface area contributed by atoms with Crippen LogP contribution in [-0.4, -0.2) is 15.3 Å². The molecule has 2 heterocycles. The molecular weight excluding hydrogens is 404 g/mol. The summed E-state index contributed by atoms with van der Waals surface area (Å²) in [4.78, 5) is 18.5. The summed E-state index contributed by atoms with van der Waals surface area (Å²) in [5, 5.41) is 0. The van der Waals surface area contributed by atoms with E-state index in [1.54, 1.807) is 6.20 Å². The molecule has 0 aliphatic carbocycles. The van der Waals surface area contributed by atoms with Gasteiger partial charge in [-0.15, -0.1) is 0 Å². The maximum absolute atomic E-state index is 13.5. The highest BCUT2D eigenvalue weighted by Crippen LogP contribution is 2.33. The van der Waals surface area contributed by atoms with Gasteiger partial charge < -0.3 is 4.57 Å². The van der Waals surface area contributed by atoms with Gasteiger partial charge >= 0.3 is 0 Å². The SMILES string of the molecule is C=Cn1c(-c2ccccc2)ccc1-c1nc(-c2ccccc2)ccc1C(=O)c1ccccc1. The molecule has 3 nitrogen and oxygen atoms in total. The van der Waals surface area contributed by atoms with E-state index >= 15 is 0 Å². The summed E-state index contributed by atoms with van der Waals surface area (Å²) in [6, 6.07) is 37.3. The average molecular weight is 427 g/mol. The number of carbonyl (C=O) groups is 1. The van der Waals surface area contributed by atoms with Crippen molar-refractivity contribution in [2.24, 2.45) is 0 Å². The molecule has 0 saturated heterocycles. The van der Waals surface area contributed by atoms with Crippen LogP contribution in [0.1, 0.15) is 15.9 Å². The summed E-state index contributed by atoms with van der Waals surface area (Å²) in [7, 11) is 0. The van der Waals surface area contributed by atoms with E-state index < -0.39 is 0 Å². The molecule has 0 fully saturated rings. The summed E-state index contributed by atoms with van der Waals surface area (Å²) in [5.41, 5.74) is 6.51. The van der Waals surface area contributed by atoms with Crippen molar-refractivity contribution < 1.29 is 4.79 Å². The molecule has 2 aromatic heterocycles. The molecule has 0 aliphatic rings. The van der Waals surface area contributed by atoms with Crippen molar-refractivity contribution in [2.45, 2.75) is 0 Å². The summed E-state index contributed by atoms with van der Waals surface area (Å²) in [6.45, 7) is 4.04. The highest BCUT2D eigenvalue weighted by atomic mass is 16.1. The molecular formula is C30H22N2O. The van der Waals surface area contributed by atoms with Crippen LogP contribution in [0.15, 0.2) is 122 Å². The fraction of sp³-hybridized carbons (Fsp3) is 0. The molecule has 0 unspecified atom stereocenters. The van der Waals surface area contributed by atoms with Crippen LogP contribution in [-0.2, 0) is 0 Å². The lowest BCUT2D eigenvalue weighted by atomic mass is 9.99. The Kier molecular flexibility index (Phi) is 5.52. The van der Waals surface area contributed by atoms with Crippen LogP contribution < -0.4 is 0 Å². The number of hydrogen-bond acceptors (Lipinski definition) is 2. The van der Waals surface area contributed by atoms with Crippen molar-refractivity contribution >= 4 is 12.0 Å². The molecule has 0 spiro atoms. The molecule has 5 aromatic rings. The highest BCUT2D eigenvalue weighted by Gasteiger charge is 2.20. The lowest BCUT2D eigenvalue weighted by molar-refractivity contribution is 0.103. The standard InChI is InChI=1S/C30H22N2O/c1-2-32-27(23-14-8-4-9-15-23)20-21-28(32)29-25(30(33)24-16-10-5-11-17-24)18-19-26(31-29)22-12-6-3-7-13-22/h2-21H,1H2. The smallest absolute Gasteiger partial charge is 0.195 e. The summed E-state index contributed by atoms with van der Waals surface area (Å²) in [5.74, 6) is -0.0595. The Balaban J connectivity index is 1.72. The second kappa shape index (κ2) is 8.93. The van der Waals surface area contributed by atoms with E-state index in [9.17, 15) is 4.79 Å². The molecule has 33 heavy (non-hydrogen) atoms. The van der Waals surface area contributed by atoms with Crippen molar-refractivity contribution in [1.29, 1.82) is 0 Å². The van der Waals surface area contributed by atoms with E-state index in [-0.39, 0.29) is 5.78 Å². The van der Waals surface area contributed by atoms with E-state index in [1.165, 1.54) is 0 Å². The lowest BCUT2D eigenvalue weighted by Crippen LogP contribution is -2.07. The van der Waals surface area contributed by atoms with Gasteiger partial charge in [0.1, 0.15) is 0 Å². The zero-order chi connectivity index (χ0) is 22.6. The summed E-state index contributed by atoms with van der Waals surface area (Å²) >= 11 is 0. The lowest BCUT2D eigenvalue weighted by Gasteiger charge is -2.14. The largest absolute Gasteiger partial charge is 0.315 e. The number of pyridine rings is 1. The molecule has 3 heteroatoms. The highest BCUT2D eigenvalue weighted by molar-refractivity contribution is 6.12. The van der Waals surface area contributed by atoms with Gasteiger partial charge in [0.2, 0.25) is 0 Å². The van der Waals surface area contributed by atoms with Crippen molar-refractivity contribution in [2.75, 3.05) is 0 Å². The normalized spacial score (nSPS) is 10.7. The third-order valence-electron chi connectivity index (χ3n) is 5.66. The maximum atomic E-state index is 13.5. The molecule has 0 saturated carbocycles. The molecule has 0 bridgehead atoms. The van der Waals surface area contributed by atoms with Crippen LogP contribution in [0.25, 0.3) is 40.1 Å². The molecule has 0 amide bonds. The zero-order valence-electron chi connectivity index (χ0n) is 18.1. The second-order valence-electron chi connectivity index (χ2n) is 7.68. The Morgan fingerprint density at radius 1 is 0.667 bits per heavy atom. The molecule has 0 N–H and O–H groups in total. The third kappa shape index (κ3) is 3.92. The quantitative estimate of drug-likeness (QED) is 0.269. The monoisotopic (exact) mass is 426 g/mol. The zero-order valence-corrected chi connectivity index (χ0v) is 18.1. The van der Waals surface area contributed by atoms with Crippen molar-refractivity contribution in [1.82, 2.24) is 9.55 Å². The number of ketones is 1. The van der Waals surface area contributed by atoms with Gasteiger partial charge in [-0.05, 0) is 29.8 Å². The Bertz CT molecular complexity index is 1420. The van der Waals surface area contributed by atoms with E-state index in [1.807, 2.05) is 108 Å². The second-order valence-corrected chi connectivity index (χ2v) is 7.68. The third-order valence-corrected chi connectivity index (χ3v) is 5.66. The first kappa shape index (κ1) is 20.4. The van der Waals surface area contributed by atoms with Crippen LogP contribution in [0.3, 0.4) is 0 Å². The predicted molar refractivity (Wildman–Crippen MR) is 135 cm³/mol. The number of rotatable bonds is 6. The first-order valence-electron chi connectivity index (χ1n) is 10.8. The molecule has 158 valence electrons. The van der Waals surface area contributed by atoms with Crippen molar-refractivity contribution in [3.8, 4) is 33.9 Å². The van der Waals surface area contributed by atoms with E-state index in [0.29, 0.717) is 16.8 Å². The fourth-order valence-corrected chi connectivity index (χ4v) is 4.03. The topological polar surface area (TPSA) is 34.9 Å². The Morgan fingerprint density at radius 2 is 1.24 bits per heavy atom. The number of hydrogen-bond donors (Lipinski definition) is 0. The number of benzene rings is 3. The van der Waals surface area contributed by atoms with Crippen LogP contribution >= 0.6 is 0 Å². The Morgan fingerprint density at radius 3 is 1.88 bits per heavy atom. The molecule has 0 aliphatic heterocycles. The van der Waals surface area contributed by atoms with Gasteiger partial charge in [-0.25, -0.2) is 4.98 Å². The van der Waals surface area contributed by atoms with E-state index in [0.717, 1.165) is 28.2 Å². The maximum Gasteiger partial charge on any atom is 0.195 e. The van der Waals surface area contributed by atoms with Gasteiger partial charge in [0.05, 0.1) is 28.3 Å². The summed E-state index contributed by atoms with van der Waals surface area (Å²) < 4.78 is 1.99. The minimum Gasteiger partial charge on any atom is -0.315 e. The Hall–Kier alpha value is -4.50. The Labute approximate surface area is 193 Å². The summed E-state index contributed by atoms with van der Waals surface area (Å²) in [6.07, 6.45) is 1.77. The van der Waals surface area contributed by atoms with Crippen LogP contribution in [0.2, 0.25) is 0 Å². The molecule has 0 atom stereocenters. The molecule has 3 aromatic carbocycles.